The molecule has 0 atom stereocenters. The third-order valence-corrected chi connectivity index (χ3v) is 2.17. The summed E-state index contributed by atoms with van der Waals surface area (Å²) in [5, 5.41) is 10.4. The summed E-state index contributed by atoms with van der Waals surface area (Å²) in [6, 6.07) is 0. The van der Waals surface area contributed by atoms with Crippen LogP contribution in [-0.4, -0.2) is 26.3 Å². The van der Waals surface area contributed by atoms with Crippen LogP contribution in [0.25, 0.3) is 0 Å². The summed E-state index contributed by atoms with van der Waals surface area (Å²) in [5.41, 5.74) is 0.898. The Morgan fingerprint density at radius 2 is 2.06 bits per heavy atom. The third kappa shape index (κ3) is 3.17. The van der Waals surface area contributed by atoms with Crippen molar-refractivity contribution < 1.29 is 0 Å². The second kappa shape index (κ2) is 5.29. The smallest absolute Gasteiger partial charge is 0.151 e. The molecule has 0 fully saturated rings. The van der Waals surface area contributed by atoms with Crippen LogP contribution in [-0.2, 0) is 7.05 Å². The number of nitrogens with one attached hydrogen (secondary N) is 2. The number of hydrogen-bond acceptors (Lipinski definition) is 5. The van der Waals surface area contributed by atoms with Crippen LogP contribution in [0.1, 0.15) is 13.3 Å². The standard InChI is InChI=1S/C11H16N6/c1-3-4-13-10-6-12-7-11(16-10)15-9-5-14-17(2)8-9/h5-8H,3-4H2,1-2H3,(H2,13,15,16). The van der Waals surface area contributed by atoms with Crippen LogP contribution in [0.15, 0.2) is 24.8 Å². The van der Waals surface area contributed by atoms with Gasteiger partial charge in [-0.15, -0.1) is 0 Å². The molecule has 2 rings (SSSR count). The fraction of sp³-hybridized carbons (Fsp3) is 0.364. The SMILES string of the molecule is CCCNc1cncc(Nc2cnn(C)c2)n1. The molecule has 0 radical (unpaired) electrons. The largest absolute Gasteiger partial charge is 0.369 e. The lowest BCUT2D eigenvalue weighted by Gasteiger charge is -2.06. The van der Waals surface area contributed by atoms with E-state index in [0.29, 0.717) is 5.82 Å². The molecule has 0 aliphatic carbocycles. The molecule has 0 unspecified atom stereocenters. The molecule has 6 heteroatoms. The first-order chi connectivity index (χ1) is 8.28. The van der Waals surface area contributed by atoms with Crippen LogP contribution in [0.2, 0.25) is 0 Å². The highest BCUT2D eigenvalue weighted by Crippen LogP contribution is 2.13. The topological polar surface area (TPSA) is 67.7 Å². The minimum Gasteiger partial charge on any atom is -0.369 e. The first kappa shape index (κ1) is 11.4. The molecule has 6 nitrogen and oxygen atoms in total. The molecule has 0 aliphatic rings. The first-order valence-corrected chi connectivity index (χ1v) is 5.59. The number of rotatable bonds is 5. The minimum absolute atomic E-state index is 0.708. The average molecular weight is 232 g/mol. The summed E-state index contributed by atoms with van der Waals surface area (Å²) in [6.07, 6.45) is 8.08. The summed E-state index contributed by atoms with van der Waals surface area (Å²) in [7, 11) is 1.87. The van der Waals surface area contributed by atoms with Gasteiger partial charge in [0.15, 0.2) is 5.82 Å². The van der Waals surface area contributed by atoms with E-state index in [2.05, 4.69) is 32.6 Å². The number of nitrogens with zero attached hydrogens (tertiary/aromatic N) is 4. The molecule has 0 amide bonds. The van der Waals surface area contributed by atoms with Gasteiger partial charge in [-0.3, -0.25) is 9.67 Å². The van der Waals surface area contributed by atoms with E-state index < -0.39 is 0 Å². The fourth-order valence-electron chi connectivity index (χ4n) is 1.40. The highest BCUT2D eigenvalue weighted by atomic mass is 15.3. The van der Waals surface area contributed by atoms with Crippen LogP contribution < -0.4 is 10.6 Å². The summed E-state index contributed by atoms with van der Waals surface area (Å²) in [6.45, 7) is 3.00. The molecule has 0 aromatic carbocycles. The van der Waals surface area contributed by atoms with E-state index in [1.807, 2.05) is 13.2 Å². The maximum absolute atomic E-state index is 4.39. The van der Waals surface area contributed by atoms with Crippen molar-refractivity contribution in [1.29, 1.82) is 0 Å². The van der Waals surface area contributed by atoms with E-state index in [4.69, 9.17) is 0 Å². The van der Waals surface area contributed by atoms with Gasteiger partial charge in [0.2, 0.25) is 0 Å². The molecule has 0 aliphatic heterocycles. The molecule has 2 aromatic heterocycles. The lowest BCUT2D eigenvalue weighted by atomic mass is 10.5. The molecule has 2 heterocycles. The zero-order chi connectivity index (χ0) is 12.1. The Kier molecular flexibility index (Phi) is 3.54. The van der Waals surface area contributed by atoms with Crippen molar-refractivity contribution in [3.05, 3.63) is 24.8 Å². The summed E-state index contributed by atoms with van der Waals surface area (Å²) in [5.74, 6) is 1.49. The Balaban J connectivity index is 2.05. The molecule has 2 N–H and O–H groups in total. The van der Waals surface area contributed by atoms with Gasteiger partial charge in [0.25, 0.3) is 0 Å². The Hall–Kier alpha value is -2.11. The van der Waals surface area contributed by atoms with Gasteiger partial charge in [-0.25, -0.2) is 4.98 Å². The van der Waals surface area contributed by atoms with Gasteiger partial charge in [-0.05, 0) is 6.42 Å². The Bertz CT molecular complexity index is 478. The first-order valence-electron chi connectivity index (χ1n) is 5.59. The fourth-order valence-corrected chi connectivity index (χ4v) is 1.40. The van der Waals surface area contributed by atoms with Gasteiger partial charge in [-0.2, -0.15) is 5.10 Å². The second-order valence-corrected chi connectivity index (χ2v) is 3.74. The molecule has 0 bridgehead atoms. The van der Waals surface area contributed by atoms with Crippen LogP contribution in [0.3, 0.4) is 0 Å². The van der Waals surface area contributed by atoms with Gasteiger partial charge < -0.3 is 10.6 Å². The van der Waals surface area contributed by atoms with Crippen molar-refractivity contribution in [2.75, 3.05) is 17.2 Å². The Morgan fingerprint density at radius 3 is 2.76 bits per heavy atom. The minimum atomic E-state index is 0.708. The van der Waals surface area contributed by atoms with Gasteiger partial charge in [0.1, 0.15) is 5.82 Å². The zero-order valence-corrected chi connectivity index (χ0v) is 10.0. The average Bonchev–Trinajstić information content (AvgIpc) is 2.73. The van der Waals surface area contributed by atoms with Crippen molar-refractivity contribution in [3.8, 4) is 0 Å². The van der Waals surface area contributed by atoms with E-state index in [1.54, 1.807) is 23.3 Å². The van der Waals surface area contributed by atoms with Crippen LogP contribution >= 0.6 is 0 Å². The highest BCUT2D eigenvalue weighted by Gasteiger charge is 2.00. The van der Waals surface area contributed by atoms with Gasteiger partial charge in [0.05, 0.1) is 24.3 Å². The van der Waals surface area contributed by atoms with Crippen molar-refractivity contribution in [1.82, 2.24) is 19.7 Å². The molecule has 17 heavy (non-hydrogen) atoms. The number of aromatic nitrogens is 4. The van der Waals surface area contributed by atoms with Gasteiger partial charge in [0, 0.05) is 19.8 Å². The summed E-state index contributed by atoms with van der Waals surface area (Å²) < 4.78 is 1.73. The van der Waals surface area contributed by atoms with E-state index in [9.17, 15) is 0 Å². The maximum Gasteiger partial charge on any atom is 0.151 e. The Morgan fingerprint density at radius 1 is 1.24 bits per heavy atom. The van der Waals surface area contributed by atoms with E-state index >= 15 is 0 Å². The molecule has 0 spiro atoms. The van der Waals surface area contributed by atoms with Crippen molar-refractivity contribution in [3.63, 3.8) is 0 Å². The lowest BCUT2D eigenvalue weighted by Crippen LogP contribution is -2.04. The summed E-state index contributed by atoms with van der Waals surface area (Å²) in [4.78, 5) is 8.52. The van der Waals surface area contributed by atoms with Crippen LogP contribution in [0.4, 0.5) is 17.3 Å². The molecule has 0 saturated heterocycles. The van der Waals surface area contributed by atoms with Crippen molar-refractivity contribution in [2.24, 2.45) is 7.05 Å². The van der Waals surface area contributed by atoms with E-state index in [-0.39, 0.29) is 0 Å². The second-order valence-electron chi connectivity index (χ2n) is 3.74. The third-order valence-electron chi connectivity index (χ3n) is 2.17. The molecule has 2 aromatic rings. The Labute approximate surface area is 100 Å². The number of hydrogen-bond donors (Lipinski definition) is 2. The summed E-state index contributed by atoms with van der Waals surface area (Å²) >= 11 is 0. The molecule has 0 saturated carbocycles. The lowest BCUT2D eigenvalue weighted by molar-refractivity contribution is 0.768. The zero-order valence-electron chi connectivity index (χ0n) is 10.0. The van der Waals surface area contributed by atoms with Crippen LogP contribution in [0, 0.1) is 0 Å². The maximum atomic E-state index is 4.39. The quantitative estimate of drug-likeness (QED) is 0.822. The predicted molar refractivity (Wildman–Crippen MR) is 67.3 cm³/mol. The predicted octanol–water partition coefficient (Wildman–Crippen LogP) is 1.78. The molecular formula is C11H16N6. The number of anilines is 3. The van der Waals surface area contributed by atoms with Crippen molar-refractivity contribution >= 4 is 17.3 Å². The highest BCUT2D eigenvalue weighted by molar-refractivity contribution is 5.54. The number of aryl methyl sites for hydroxylation is 1. The van der Waals surface area contributed by atoms with Gasteiger partial charge in [-0.1, -0.05) is 6.92 Å². The van der Waals surface area contributed by atoms with Crippen LogP contribution in [0.5, 0.6) is 0 Å². The van der Waals surface area contributed by atoms with E-state index in [0.717, 1.165) is 24.5 Å². The molecule has 90 valence electrons. The van der Waals surface area contributed by atoms with E-state index in [1.165, 1.54) is 0 Å². The normalized spacial score (nSPS) is 10.2. The molecular weight excluding hydrogens is 216 g/mol. The monoisotopic (exact) mass is 232 g/mol. The van der Waals surface area contributed by atoms with Gasteiger partial charge >= 0.3 is 0 Å². The van der Waals surface area contributed by atoms with Crippen molar-refractivity contribution in [2.45, 2.75) is 13.3 Å².